The van der Waals surface area contributed by atoms with Crippen LogP contribution in [-0.2, 0) is 23.4 Å². The molecular weight excluding hydrogens is 485 g/mol. The van der Waals surface area contributed by atoms with Crippen LogP contribution in [0.15, 0.2) is 0 Å². The molecule has 0 aromatic carbocycles. The quantitative estimate of drug-likeness (QED) is 0.0940. The molecule has 1 aliphatic carbocycles. The Morgan fingerprint density at radius 3 is 1.80 bits per heavy atom. The van der Waals surface area contributed by atoms with E-state index in [0.717, 1.165) is 12.8 Å². The van der Waals surface area contributed by atoms with Crippen molar-refractivity contribution in [1.82, 2.24) is 0 Å². The lowest BCUT2D eigenvalue weighted by atomic mass is 10.0. The average Bonchev–Trinajstić information content (AvgIpc) is 3.21. The number of sulfone groups is 1. The Morgan fingerprint density at radius 2 is 1.31 bits per heavy atom. The van der Waals surface area contributed by atoms with Crippen LogP contribution in [0.25, 0.3) is 0 Å². The molecule has 0 aliphatic heterocycles. The zero-order valence-corrected chi connectivity index (χ0v) is 24.8. The van der Waals surface area contributed by atoms with Gasteiger partial charge < -0.3 is 9.38 Å². The number of phosphoric ester groups is 1. The van der Waals surface area contributed by atoms with Crippen LogP contribution in [0.1, 0.15) is 116 Å². The van der Waals surface area contributed by atoms with Crippen molar-refractivity contribution >= 4 is 17.7 Å². The number of phosphoric acid groups is 1. The summed E-state index contributed by atoms with van der Waals surface area (Å²) in [5.41, 5.74) is 0. The summed E-state index contributed by atoms with van der Waals surface area (Å²) in [4.78, 5) is 9.96. The molecule has 0 aromatic rings. The second-order valence-electron chi connectivity index (χ2n) is 11.4. The highest BCUT2D eigenvalue weighted by atomic mass is 32.2. The Balaban J connectivity index is 2.10. The fourth-order valence-electron chi connectivity index (χ4n) is 4.64. The van der Waals surface area contributed by atoms with Gasteiger partial charge in [0.2, 0.25) is 0 Å². The third-order valence-corrected chi connectivity index (χ3v) is 10.3. The third-order valence-electron chi connectivity index (χ3n) is 6.93. The predicted octanol–water partition coefficient (Wildman–Crippen LogP) is 6.64. The maximum absolute atomic E-state index is 12.7. The van der Waals surface area contributed by atoms with Crippen molar-refractivity contribution in [2.45, 2.75) is 127 Å². The normalized spacial score (nSPS) is 20.8. The van der Waals surface area contributed by atoms with Crippen molar-refractivity contribution in [3.8, 4) is 0 Å². The summed E-state index contributed by atoms with van der Waals surface area (Å²) in [5.74, 6) is 0.208. The molecule has 0 heterocycles. The minimum absolute atomic E-state index is 0.116. The van der Waals surface area contributed by atoms with Gasteiger partial charge in [-0.05, 0) is 25.7 Å². The highest BCUT2D eigenvalue weighted by molar-refractivity contribution is 7.92. The fraction of sp³-hybridized carbons (Fsp3) is 1.00. The summed E-state index contributed by atoms with van der Waals surface area (Å²) in [6.07, 6.45) is 18.1. The summed E-state index contributed by atoms with van der Waals surface area (Å²) < 4.78 is 48.6. The fourth-order valence-corrected chi connectivity index (χ4v) is 7.52. The smallest absolute Gasteiger partial charge is 0.329 e. The van der Waals surface area contributed by atoms with Crippen LogP contribution in [0.5, 0.6) is 0 Å². The Kier molecular flexibility index (Phi) is 16.5. The van der Waals surface area contributed by atoms with E-state index in [4.69, 9.17) is 9.05 Å². The molecule has 1 fully saturated rings. The molecule has 0 amide bonds. The molecule has 7 nitrogen and oxygen atoms in total. The molecule has 0 radical (unpaired) electrons. The first-order chi connectivity index (χ1) is 16.5. The average molecular weight is 541 g/mol. The molecule has 1 rings (SSSR count). The van der Waals surface area contributed by atoms with E-state index in [1.54, 1.807) is 0 Å². The van der Waals surface area contributed by atoms with Gasteiger partial charge in [0.25, 0.3) is 0 Å². The molecule has 3 unspecified atom stereocenters. The number of nitrogens with zero attached hydrogens (tertiary/aromatic N) is 1. The van der Waals surface area contributed by atoms with Crippen LogP contribution in [0.3, 0.4) is 0 Å². The molecule has 1 N–H and O–H groups in total. The summed E-state index contributed by atoms with van der Waals surface area (Å²) in [5, 5.41) is -0.472. The summed E-state index contributed by atoms with van der Waals surface area (Å²) in [6.45, 7) is 2.95. The lowest BCUT2D eigenvalue weighted by Gasteiger charge is -2.24. The first-order valence-corrected chi connectivity index (χ1v) is 17.3. The van der Waals surface area contributed by atoms with Gasteiger partial charge in [-0.1, -0.05) is 90.4 Å². The number of quaternary nitrogens is 1. The van der Waals surface area contributed by atoms with Crippen LogP contribution in [0.2, 0.25) is 0 Å². The van der Waals surface area contributed by atoms with Crippen molar-refractivity contribution < 1.29 is 31.4 Å². The molecule has 210 valence electrons. The number of hydrogen-bond acceptors (Lipinski definition) is 5. The lowest BCUT2D eigenvalue weighted by Crippen LogP contribution is -2.37. The Hall–Kier alpha value is 0.0200. The maximum atomic E-state index is 12.7. The molecule has 0 saturated heterocycles. The van der Waals surface area contributed by atoms with Crippen molar-refractivity contribution in [2.24, 2.45) is 0 Å². The van der Waals surface area contributed by atoms with Gasteiger partial charge in [-0.3, -0.25) is 9.05 Å². The predicted molar refractivity (Wildman–Crippen MR) is 145 cm³/mol. The monoisotopic (exact) mass is 540 g/mol. The van der Waals surface area contributed by atoms with Crippen molar-refractivity contribution in [1.29, 1.82) is 0 Å². The number of hydrogen-bond donors (Lipinski definition) is 1. The van der Waals surface area contributed by atoms with Crippen molar-refractivity contribution in [3.63, 3.8) is 0 Å². The second-order valence-corrected chi connectivity index (χ2v) is 15.2. The van der Waals surface area contributed by atoms with E-state index < -0.39 is 29.0 Å². The molecule has 3 atom stereocenters. The van der Waals surface area contributed by atoms with Crippen LogP contribution in [0.4, 0.5) is 0 Å². The largest absolute Gasteiger partial charge is 0.472 e. The van der Waals surface area contributed by atoms with E-state index in [1.807, 2.05) is 21.1 Å². The molecule has 1 saturated carbocycles. The van der Waals surface area contributed by atoms with E-state index in [2.05, 4.69) is 6.92 Å². The van der Waals surface area contributed by atoms with Crippen molar-refractivity contribution in [2.75, 3.05) is 40.0 Å². The molecule has 35 heavy (non-hydrogen) atoms. The standard InChI is InChI=1S/C26H54NO6PS/c1-5-6-7-8-9-10-11-12-13-14-15-16-17-18-23-35(30,31)26-20-19-25(24-26)33-34(28,29)32-22-21-27(2,3)4/h25-26H,5-24H2,1-4H3/p+1. The van der Waals surface area contributed by atoms with Crippen LogP contribution in [0, 0.1) is 0 Å². The molecule has 1 aliphatic rings. The Labute approximate surface area is 216 Å². The number of unbranched alkanes of at least 4 members (excludes halogenated alkanes) is 13. The maximum Gasteiger partial charge on any atom is 0.472 e. The lowest BCUT2D eigenvalue weighted by molar-refractivity contribution is -0.870. The highest BCUT2D eigenvalue weighted by Gasteiger charge is 2.38. The van der Waals surface area contributed by atoms with Gasteiger partial charge in [-0.15, -0.1) is 0 Å². The zero-order chi connectivity index (χ0) is 26.2. The van der Waals surface area contributed by atoms with E-state index >= 15 is 0 Å². The SMILES string of the molecule is CCCCCCCCCCCCCCCCS(=O)(=O)C1CCC(OP(=O)(O)OCC[N+](C)(C)C)C1. The third kappa shape index (κ3) is 17.2. The Bertz CT molecular complexity index is 694. The summed E-state index contributed by atoms with van der Waals surface area (Å²) in [7, 11) is -1.45. The van der Waals surface area contributed by atoms with Crippen LogP contribution >= 0.6 is 7.82 Å². The van der Waals surface area contributed by atoms with Gasteiger partial charge in [0.15, 0.2) is 9.84 Å². The minimum Gasteiger partial charge on any atom is -0.329 e. The number of likely N-dealkylation sites (N-methyl/N-ethyl adjacent to an activating group) is 1. The molecule has 0 spiro atoms. The molecule has 0 bridgehead atoms. The molecular formula is C26H55NO6PS+. The molecule has 9 heteroatoms. The van der Waals surface area contributed by atoms with E-state index in [1.165, 1.54) is 70.6 Å². The first-order valence-electron chi connectivity index (χ1n) is 14.1. The first kappa shape index (κ1) is 33.0. The van der Waals surface area contributed by atoms with Gasteiger partial charge in [-0.25, -0.2) is 13.0 Å². The Morgan fingerprint density at radius 1 is 0.829 bits per heavy atom. The summed E-state index contributed by atoms with van der Waals surface area (Å²) >= 11 is 0. The van der Waals surface area contributed by atoms with E-state index in [9.17, 15) is 17.9 Å². The van der Waals surface area contributed by atoms with Crippen molar-refractivity contribution in [3.05, 3.63) is 0 Å². The molecule has 0 aromatic heterocycles. The number of rotatable bonds is 22. The summed E-state index contributed by atoms with van der Waals surface area (Å²) in [6, 6.07) is 0. The van der Waals surface area contributed by atoms with Gasteiger partial charge in [-0.2, -0.15) is 0 Å². The highest BCUT2D eigenvalue weighted by Crippen LogP contribution is 2.47. The second kappa shape index (κ2) is 17.5. The van der Waals surface area contributed by atoms with E-state index in [0.29, 0.717) is 30.3 Å². The van der Waals surface area contributed by atoms with Crippen LogP contribution < -0.4 is 0 Å². The topological polar surface area (TPSA) is 89.9 Å². The van der Waals surface area contributed by atoms with Gasteiger partial charge in [0.1, 0.15) is 13.2 Å². The van der Waals surface area contributed by atoms with Gasteiger partial charge in [0, 0.05) is 0 Å². The zero-order valence-electron chi connectivity index (χ0n) is 23.1. The van der Waals surface area contributed by atoms with Gasteiger partial charge >= 0.3 is 7.82 Å². The van der Waals surface area contributed by atoms with E-state index in [-0.39, 0.29) is 18.8 Å². The van der Waals surface area contributed by atoms with Gasteiger partial charge in [0.05, 0.1) is 38.2 Å². The minimum atomic E-state index is -4.16. The van der Waals surface area contributed by atoms with Crippen LogP contribution in [-0.4, -0.2) is 69.2 Å².